The van der Waals surface area contributed by atoms with Crippen LogP contribution in [0.3, 0.4) is 0 Å². The molecule has 2 aromatic rings. The van der Waals surface area contributed by atoms with Gasteiger partial charge in [-0.15, -0.1) is 0 Å². The molecule has 1 heterocycles. The van der Waals surface area contributed by atoms with Crippen LogP contribution in [0, 0.1) is 0 Å². The standard InChI is InChI=1S/C15H21N3O3/c1-18-7-6-11(17-18)9-16-10-14(19)13-8-12(20-2)4-5-15(13)21-3/h4-8,14,16,19H,9-10H2,1-3H3. The average molecular weight is 291 g/mol. The minimum atomic E-state index is -0.682. The number of benzene rings is 1. The van der Waals surface area contributed by atoms with E-state index in [0.717, 1.165) is 5.69 Å². The maximum atomic E-state index is 10.3. The second-order valence-corrected chi connectivity index (χ2v) is 4.74. The number of aliphatic hydroxyl groups is 1. The molecule has 0 bridgehead atoms. The van der Waals surface area contributed by atoms with Crippen molar-refractivity contribution in [1.29, 1.82) is 0 Å². The van der Waals surface area contributed by atoms with E-state index in [-0.39, 0.29) is 0 Å². The van der Waals surface area contributed by atoms with E-state index in [1.54, 1.807) is 37.1 Å². The Hall–Kier alpha value is -2.05. The molecule has 0 spiro atoms. The van der Waals surface area contributed by atoms with Crippen molar-refractivity contribution in [2.45, 2.75) is 12.6 Å². The highest BCUT2D eigenvalue weighted by molar-refractivity contribution is 5.41. The largest absolute Gasteiger partial charge is 0.497 e. The summed E-state index contributed by atoms with van der Waals surface area (Å²) in [5.41, 5.74) is 1.63. The first-order valence-electron chi connectivity index (χ1n) is 6.73. The van der Waals surface area contributed by atoms with Crippen LogP contribution in [0.25, 0.3) is 0 Å². The minimum Gasteiger partial charge on any atom is -0.497 e. The molecule has 1 aromatic carbocycles. The van der Waals surface area contributed by atoms with Crippen LogP contribution in [0.15, 0.2) is 30.5 Å². The van der Waals surface area contributed by atoms with Crippen molar-refractivity contribution in [3.63, 3.8) is 0 Å². The van der Waals surface area contributed by atoms with Gasteiger partial charge >= 0.3 is 0 Å². The quantitative estimate of drug-likeness (QED) is 0.804. The molecular weight excluding hydrogens is 270 g/mol. The molecule has 0 aliphatic rings. The van der Waals surface area contributed by atoms with Crippen LogP contribution < -0.4 is 14.8 Å². The minimum absolute atomic E-state index is 0.403. The molecule has 6 heteroatoms. The molecule has 1 unspecified atom stereocenters. The second kappa shape index (κ2) is 7.10. The van der Waals surface area contributed by atoms with Crippen molar-refractivity contribution in [1.82, 2.24) is 15.1 Å². The Morgan fingerprint density at radius 3 is 2.71 bits per heavy atom. The molecular formula is C15H21N3O3. The number of ether oxygens (including phenoxy) is 2. The molecule has 6 nitrogen and oxygen atoms in total. The number of hydrogen-bond donors (Lipinski definition) is 2. The summed E-state index contributed by atoms with van der Waals surface area (Å²) in [6.45, 7) is 1.00. The summed E-state index contributed by atoms with van der Waals surface area (Å²) in [4.78, 5) is 0. The zero-order chi connectivity index (χ0) is 15.2. The Bertz CT molecular complexity index is 583. The van der Waals surface area contributed by atoms with Gasteiger partial charge in [-0.25, -0.2) is 0 Å². The zero-order valence-electron chi connectivity index (χ0n) is 12.5. The topological polar surface area (TPSA) is 68.5 Å². The third-order valence-electron chi connectivity index (χ3n) is 3.21. The van der Waals surface area contributed by atoms with Crippen LogP contribution >= 0.6 is 0 Å². The molecule has 0 radical (unpaired) electrons. The molecule has 21 heavy (non-hydrogen) atoms. The first-order valence-corrected chi connectivity index (χ1v) is 6.73. The lowest BCUT2D eigenvalue weighted by Crippen LogP contribution is -2.21. The second-order valence-electron chi connectivity index (χ2n) is 4.74. The summed E-state index contributed by atoms with van der Waals surface area (Å²) >= 11 is 0. The maximum absolute atomic E-state index is 10.3. The molecule has 1 aromatic heterocycles. The van der Waals surface area contributed by atoms with Crippen molar-refractivity contribution in [3.8, 4) is 11.5 Å². The molecule has 0 fully saturated rings. The Labute approximate surface area is 124 Å². The van der Waals surface area contributed by atoms with Gasteiger partial charge in [0.2, 0.25) is 0 Å². The average Bonchev–Trinajstić information content (AvgIpc) is 2.91. The summed E-state index contributed by atoms with van der Waals surface area (Å²) in [6, 6.07) is 7.31. The molecule has 1 atom stereocenters. The smallest absolute Gasteiger partial charge is 0.124 e. The zero-order valence-corrected chi connectivity index (χ0v) is 12.5. The van der Waals surface area contributed by atoms with E-state index in [9.17, 15) is 5.11 Å². The van der Waals surface area contributed by atoms with E-state index in [2.05, 4.69) is 10.4 Å². The van der Waals surface area contributed by atoms with Gasteiger partial charge in [0.25, 0.3) is 0 Å². The van der Waals surface area contributed by atoms with E-state index in [1.807, 2.05) is 19.3 Å². The van der Waals surface area contributed by atoms with Gasteiger partial charge < -0.3 is 19.9 Å². The maximum Gasteiger partial charge on any atom is 0.124 e. The summed E-state index contributed by atoms with van der Waals surface area (Å²) < 4.78 is 12.2. The van der Waals surface area contributed by atoms with Crippen LogP contribution in [-0.4, -0.2) is 35.7 Å². The number of aryl methyl sites for hydroxylation is 1. The lowest BCUT2D eigenvalue weighted by Gasteiger charge is -2.16. The Morgan fingerprint density at radius 2 is 2.10 bits per heavy atom. The molecule has 0 saturated carbocycles. The van der Waals surface area contributed by atoms with Crippen molar-refractivity contribution in [2.75, 3.05) is 20.8 Å². The molecule has 0 saturated heterocycles. The number of aromatic nitrogens is 2. The fraction of sp³-hybridized carbons (Fsp3) is 0.400. The van der Waals surface area contributed by atoms with E-state index in [0.29, 0.717) is 30.2 Å². The Kier molecular flexibility index (Phi) is 5.19. The number of nitrogens with zero attached hydrogens (tertiary/aromatic N) is 2. The number of methoxy groups -OCH3 is 2. The van der Waals surface area contributed by atoms with Gasteiger partial charge in [-0.3, -0.25) is 4.68 Å². The van der Waals surface area contributed by atoms with E-state index >= 15 is 0 Å². The SMILES string of the molecule is COc1ccc(OC)c(C(O)CNCc2ccn(C)n2)c1. The van der Waals surface area contributed by atoms with Gasteiger partial charge in [0.05, 0.1) is 26.0 Å². The van der Waals surface area contributed by atoms with Gasteiger partial charge in [0.15, 0.2) is 0 Å². The fourth-order valence-corrected chi connectivity index (χ4v) is 2.10. The first kappa shape index (κ1) is 15.3. The highest BCUT2D eigenvalue weighted by Gasteiger charge is 2.14. The number of rotatable bonds is 7. The highest BCUT2D eigenvalue weighted by Crippen LogP contribution is 2.29. The molecule has 2 N–H and O–H groups in total. The normalized spacial score (nSPS) is 12.2. The van der Waals surface area contributed by atoms with Crippen molar-refractivity contribution in [3.05, 3.63) is 41.7 Å². The number of hydrogen-bond acceptors (Lipinski definition) is 5. The predicted molar refractivity (Wildman–Crippen MR) is 79.4 cm³/mol. The highest BCUT2D eigenvalue weighted by atomic mass is 16.5. The monoisotopic (exact) mass is 291 g/mol. The third-order valence-corrected chi connectivity index (χ3v) is 3.21. The van der Waals surface area contributed by atoms with Gasteiger partial charge in [0, 0.05) is 31.9 Å². The van der Waals surface area contributed by atoms with E-state index in [4.69, 9.17) is 9.47 Å². The molecule has 2 rings (SSSR count). The summed E-state index contributed by atoms with van der Waals surface area (Å²) in [6.07, 6.45) is 1.21. The summed E-state index contributed by atoms with van der Waals surface area (Å²) in [5.74, 6) is 1.33. The summed E-state index contributed by atoms with van der Waals surface area (Å²) in [5, 5.41) is 17.8. The first-order chi connectivity index (χ1) is 10.1. The summed E-state index contributed by atoms with van der Waals surface area (Å²) in [7, 11) is 5.05. The van der Waals surface area contributed by atoms with Crippen LogP contribution in [0.5, 0.6) is 11.5 Å². The Balaban J connectivity index is 1.97. The van der Waals surface area contributed by atoms with Gasteiger partial charge in [-0.05, 0) is 24.3 Å². The van der Waals surface area contributed by atoms with Gasteiger partial charge in [0.1, 0.15) is 11.5 Å². The Morgan fingerprint density at radius 1 is 1.29 bits per heavy atom. The van der Waals surface area contributed by atoms with Crippen molar-refractivity contribution < 1.29 is 14.6 Å². The molecule has 114 valence electrons. The van der Waals surface area contributed by atoms with Gasteiger partial charge in [-0.2, -0.15) is 5.10 Å². The van der Waals surface area contributed by atoms with Gasteiger partial charge in [-0.1, -0.05) is 0 Å². The van der Waals surface area contributed by atoms with E-state index in [1.165, 1.54) is 0 Å². The fourth-order valence-electron chi connectivity index (χ4n) is 2.10. The van der Waals surface area contributed by atoms with Crippen LogP contribution in [-0.2, 0) is 13.6 Å². The molecule has 0 amide bonds. The number of aliphatic hydroxyl groups excluding tert-OH is 1. The number of nitrogens with one attached hydrogen (secondary N) is 1. The third kappa shape index (κ3) is 3.96. The van der Waals surface area contributed by atoms with Crippen LogP contribution in [0.1, 0.15) is 17.4 Å². The predicted octanol–water partition coefficient (Wildman–Crippen LogP) is 1.26. The lowest BCUT2D eigenvalue weighted by atomic mass is 10.1. The lowest BCUT2D eigenvalue weighted by molar-refractivity contribution is 0.169. The van der Waals surface area contributed by atoms with Crippen molar-refractivity contribution >= 4 is 0 Å². The molecule has 0 aliphatic carbocycles. The van der Waals surface area contributed by atoms with Crippen molar-refractivity contribution in [2.24, 2.45) is 7.05 Å². The van der Waals surface area contributed by atoms with Crippen LogP contribution in [0.2, 0.25) is 0 Å². The van der Waals surface area contributed by atoms with Crippen LogP contribution in [0.4, 0.5) is 0 Å². The molecule has 0 aliphatic heterocycles. The van der Waals surface area contributed by atoms with E-state index < -0.39 is 6.10 Å².